The van der Waals surface area contributed by atoms with E-state index >= 15 is 0 Å². The molecule has 3 heterocycles. The minimum atomic E-state index is -4.79. The number of halogens is 3. The van der Waals surface area contributed by atoms with Gasteiger partial charge in [0.05, 0.1) is 34.6 Å². The van der Waals surface area contributed by atoms with Crippen LogP contribution in [0.3, 0.4) is 0 Å². The van der Waals surface area contributed by atoms with Crippen molar-refractivity contribution in [2.24, 2.45) is 0 Å². The topological polar surface area (TPSA) is 136 Å². The summed E-state index contributed by atoms with van der Waals surface area (Å²) in [5.74, 6) is -1.36. The van der Waals surface area contributed by atoms with Gasteiger partial charge in [0, 0.05) is 24.6 Å². The average Bonchev–Trinajstić information content (AvgIpc) is 3.19. The van der Waals surface area contributed by atoms with Crippen molar-refractivity contribution in [3.05, 3.63) is 58.8 Å². The van der Waals surface area contributed by atoms with Gasteiger partial charge in [-0.1, -0.05) is 6.92 Å². The summed E-state index contributed by atoms with van der Waals surface area (Å²) in [7, 11) is -3.42. The molecule has 0 radical (unpaired) electrons. The summed E-state index contributed by atoms with van der Waals surface area (Å²) in [5.41, 5.74) is -1.57. The zero-order valence-corrected chi connectivity index (χ0v) is 22.9. The van der Waals surface area contributed by atoms with Crippen LogP contribution in [0.5, 0.6) is 11.6 Å². The fourth-order valence-electron chi connectivity index (χ4n) is 3.69. The molecule has 0 saturated carbocycles. The number of carbonyl (C=O) groups excluding carboxylic acids is 1. The summed E-state index contributed by atoms with van der Waals surface area (Å²) in [6.07, 6.45) is -1.90. The maximum Gasteiger partial charge on any atom is 0.420 e. The molecule has 0 bridgehead atoms. The van der Waals surface area contributed by atoms with Gasteiger partial charge in [0.2, 0.25) is 5.88 Å². The highest BCUT2D eigenvalue weighted by molar-refractivity contribution is 7.91. The van der Waals surface area contributed by atoms with Crippen LogP contribution in [0.1, 0.15) is 60.6 Å². The Labute approximate surface area is 224 Å². The number of hydrogen-bond donors (Lipinski definition) is 2. The zero-order valence-electron chi connectivity index (χ0n) is 22.1. The molecular weight excluding hydrogens is 539 g/mol. The third kappa shape index (κ3) is 6.74. The third-order valence-electron chi connectivity index (χ3n) is 5.75. The van der Waals surface area contributed by atoms with Crippen molar-refractivity contribution in [3.63, 3.8) is 0 Å². The Bertz CT molecular complexity index is 1450. The largest absolute Gasteiger partial charge is 0.437 e. The van der Waals surface area contributed by atoms with Crippen molar-refractivity contribution < 1.29 is 36.2 Å². The molecule has 14 heteroatoms. The van der Waals surface area contributed by atoms with E-state index in [1.165, 1.54) is 36.9 Å². The van der Waals surface area contributed by atoms with Crippen molar-refractivity contribution in [1.29, 1.82) is 0 Å². The molecule has 10 nitrogen and oxygen atoms in total. The summed E-state index contributed by atoms with van der Waals surface area (Å²) in [6.45, 7) is 7.70. The molecule has 0 fully saturated rings. The second-order valence-electron chi connectivity index (χ2n) is 9.68. The number of nitrogens with one attached hydrogen (secondary N) is 1. The minimum absolute atomic E-state index is 0.0470. The van der Waals surface area contributed by atoms with E-state index in [1.54, 1.807) is 20.8 Å². The number of ether oxygens (including phenoxy) is 1. The number of pyridine rings is 2. The van der Waals surface area contributed by atoms with Crippen LogP contribution >= 0.6 is 0 Å². The lowest BCUT2D eigenvalue weighted by molar-refractivity contribution is -0.139. The number of aliphatic hydroxyl groups excluding tert-OH is 1. The minimum Gasteiger partial charge on any atom is -0.437 e. The van der Waals surface area contributed by atoms with Gasteiger partial charge in [0.15, 0.2) is 21.3 Å². The molecule has 0 aliphatic rings. The third-order valence-corrected chi connectivity index (χ3v) is 7.47. The number of aromatic nitrogens is 4. The van der Waals surface area contributed by atoms with Gasteiger partial charge in [-0.15, -0.1) is 0 Å². The number of amides is 1. The highest BCUT2D eigenvalue weighted by Crippen LogP contribution is 2.41. The Balaban J connectivity index is 1.94. The predicted molar refractivity (Wildman–Crippen MR) is 135 cm³/mol. The average molecular weight is 570 g/mol. The van der Waals surface area contributed by atoms with Gasteiger partial charge in [-0.25, -0.2) is 13.1 Å². The summed E-state index contributed by atoms with van der Waals surface area (Å²) in [4.78, 5) is 21.0. The number of nitrogens with zero attached hydrogens (tertiary/aromatic N) is 4. The predicted octanol–water partition coefficient (Wildman–Crippen LogP) is 3.81. The molecular formula is C25H30F3N5O5S. The van der Waals surface area contributed by atoms with E-state index in [0.717, 1.165) is 12.4 Å². The van der Waals surface area contributed by atoms with Crippen LogP contribution in [0, 0.1) is 6.92 Å². The van der Waals surface area contributed by atoms with Gasteiger partial charge in [-0.2, -0.15) is 18.3 Å². The first-order chi connectivity index (χ1) is 18.1. The van der Waals surface area contributed by atoms with E-state index in [4.69, 9.17) is 4.74 Å². The number of hydrogen-bond acceptors (Lipinski definition) is 8. The molecule has 3 aromatic rings. The Morgan fingerprint density at radius 3 is 2.38 bits per heavy atom. The second kappa shape index (κ2) is 11.3. The quantitative estimate of drug-likeness (QED) is 0.397. The monoisotopic (exact) mass is 569 g/mol. The smallest absolute Gasteiger partial charge is 0.420 e. The SMILES string of the molecule is CCS(=O)(=O)c1ccc(CNC(=O)c2nn(C(C)(C)C)c(Oc3cncc(CCO)c3C(F)(F)F)c2C)nc1. The van der Waals surface area contributed by atoms with Crippen molar-refractivity contribution in [2.75, 3.05) is 12.4 Å². The van der Waals surface area contributed by atoms with Crippen molar-refractivity contribution in [3.8, 4) is 11.6 Å². The second-order valence-corrected chi connectivity index (χ2v) is 12.0. The van der Waals surface area contributed by atoms with Gasteiger partial charge in [0.25, 0.3) is 5.91 Å². The van der Waals surface area contributed by atoms with Gasteiger partial charge in [0.1, 0.15) is 5.56 Å². The molecule has 3 aromatic heterocycles. The standard InChI is InChI=1S/C25H30F3N5O5S/c1-6-39(36,37)18-8-7-17(30-13-18)12-31-22(35)21-15(2)23(33(32-21)24(3,4)5)38-19-14-29-11-16(9-10-34)20(19)25(26,27)28/h7-8,11,13-14,34H,6,9-10,12H2,1-5H3,(H,31,35). The van der Waals surface area contributed by atoms with E-state index in [2.05, 4.69) is 20.4 Å². The summed E-state index contributed by atoms with van der Waals surface area (Å²) in [5, 5.41) is 16.2. The lowest BCUT2D eigenvalue weighted by Gasteiger charge is -2.23. The maximum atomic E-state index is 14.0. The number of sulfone groups is 1. The molecule has 0 unspecified atom stereocenters. The molecule has 0 aliphatic carbocycles. The first kappa shape index (κ1) is 30.0. The van der Waals surface area contributed by atoms with E-state index in [9.17, 15) is 31.5 Å². The van der Waals surface area contributed by atoms with Crippen LogP contribution in [-0.4, -0.2) is 51.5 Å². The molecule has 0 atom stereocenters. The van der Waals surface area contributed by atoms with Crippen LogP contribution in [0.2, 0.25) is 0 Å². The van der Waals surface area contributed by atoms with Crippen LogP contribution < -0.4 is 10.1 Å². The fraction of sp³-hybridized carbons (Fsp3) is 0.440. The molecule has 2 N–H and O–H groups in total. The molecule has 3 rings (SSSR count). The van der Waals surface area contributed by atoms with E-state index < -0.39 is 45.4 Å². The summed E-state index contributed by atoms with van der Waals surface area (Å²) >= 11 is 0. The Hall–Kier alpha value is -3.52. The fourth-order valence-corrected chi connectivity index (χ4v) is 4.51. The Morgan fingerprint density at radius 2 is 1.85 bits per heavy atom. The molecule has 0 aliphatic heterocycles. The highest BCUT2D eigenvalue weighted by Gasteiger charge is 2.38. The normalized spacial score (nSPS) is 12.4. The highest BCUT2D eigenvalue weighted by atomic mass is 32.2. The maximum absolute atomic E-state index is 14.0. The van der Waals surface area contributed by atoms with E-state index in [-0.39, 0.29) is 46.3 Å². The molecule has 0 aromatic carbocycles. The number of alkyl halides is 3. The molecule has 39 heavy (non-hydrogen) atoms. The van der Waals surface area contributed by atoms with Crippen LogP contribution in [0.25, 0.3) is 0 Å². The van der Waals surface area contributed by atoms with Crippen LogP contribution in [-0.2, 0) is 34.5 Å². The Kier molecular flexibility index (Phi) is 8.70. The van der Waals surface area contributed by atoms with Gasteiger partial charge in [-0.05, 0) is 51.8 Å². The van der Waals surface area contributed by atoms with E-state index in [1.807, 2.05) is 0 Å². The number of aliphatic hydroxyl groups is 1. The zero-order chi connectivity index (χ0) is 29.2. The molecule has 212 valence electrons. The Morgan fingerprint density at radius 1 is 1.15 bits per heavy atom. The molecule has 0 spiro atoms. The van der Waals surface area contributed by atoms with Gasteiger partial charge < -0.3 is 15.2 Å². The van der Waals surface area contributed by atoms with Crippen molar-refractivity contribution in [2.45, 2.75) is 64.2 Å². The number of rotatable bonds is 9. The number of carbonyl (C=O) groups is 1. The van der Waals surface area contributed by atoms with Gasteiger partial charge in [-0.3, -0.25) is 14.8 Å². The first-order valence-electron chi connectivity index (χ1n) is 12.0. The summed E-state index contributed by atoms with van der Waals surface area (Å²) in [6, 6.07) is 2.87. The van der Waals surface area contributed by atoms with Crippen molar-refractivity contribution >= 4 is 15.7 Å². The lowest BCUT2D eigenvalue weighted by atomic mass is 10.1. The molecule has 1 amide bonds. The lowest BCUT2D eigenvalue weighted by Crippen LogP contribution is -2.27. The van der Waals surface area contributed by atoms with Crippen LogP contribution in [0.15, 0.2) is 35.6 Å². The summed E-state index contributed by atoms with van der Waals surface area (Å²) < 4.78 is 72.9. The van der Waals surface area contributed by atoms with E-state index in [0.29, 0.717) is 5.69 Å². The first-order valence-corrected chi connectivity index (χ1v) is 13.6. The van der Waals surface area contributed by atoms with Crippen LogP contribution in [0.4, 0.5) is 13.2 Å². The van der Waals surface area contributed by atoms with Crippen molar-refractivity contribution in [1.82, 2.24) is 25.1 Å². The van der Waals surface area contributed by atoms with Gasteiger partial charge >= 0.3 is 6.18 Å². The molecule has 0 saturated heterocycles.